The SMILES string of the molecule is CCN1C[C@@H](C(=O)N2Cc3nc(C)n(C)c(=O)c3C2)CCC1=O. The summed E-state index contributed by atoms with van der Waals surface area (Å²) in [5, 5.41) is 0. The first kappa shape index (κ1) is 15.7. The van der Waals surface area contributed by atoms with Crippen molar-refractivity contribution >= 4 is 11.8 Å². The highest BCUT2D eigenvalue weighted by Crippen LogP contribution is 2.25. The summed E-state index contributed by atoms with van der Waals surface area (Å²) < 4.78 is 1.52. The average molecular weight is 318 g/mol. The number of nitrogens with zero attached hydrogens (tertiary/aromatic N) is 4. The zero-order valence-corrected chi connectivity index (χ0v) is 13.8. The number of carbonyl (C=O) groups is 2. The van der Waals surface area contributed by atoms with Gasteiger partial charge in [-0.3, -0.25) is 19.0 Å². The summed E-state index contributed by atoms with van der Waals surface area (Å²) in [5.74, 6) is 0.622. The van der Waals surface area contributed by atoms with Gasteiger partial charge in [0.2, 0.25) is 11.8 Å². The first-order valence-corrected chi connectivity index (χ1v) is 8.04. The van der Waals surface area contributed by atoms with E-state index in [-0.39, 0.29) is 23.3 Å². The molecular formula is C16H22N4O3. The van der Waals surface area contributed by atoms with Gasteiger partial charge in [-0.2, -0.15) is 0 Å². The third-order valence-corrected chi connectivity index (χ3v) is 4.93. The number of rotatable bonds is 2. The molecular weight excluding hydrogens is 296 g/mol. The molecule has 23 heavy (non-hydrogen) atoms. The lowest BCUT2D eigenvalue weighted by Gasteiger charge is -2.33. The fourth-order valence-corrected chi connectivity index (χ4v) is 3.36. The molecule has 7 heteroatoms. The molecule has 0 N–H and O–H groups in total. The number of hydrogen-bond donors (Lipinski definition) is 0. The highest BCUT2D eigenvalue weighted by molar-refractivity contribution is 5.84. The van der Waals surface area contributed by atoms with E-state index in [1.54, 1.807) is 23.8 Å². The Morgan fingerprint density at radius 3 is 2.74 bits per heavy atom. The maximum Gasteiger partial charge on any atom is 0.258 e. The number of aryl methyl sites for hydroxylation is 1. The van der Waals surface area contributed by atoms with E-state index in [4.69, 9.17) is 0 Å². The Balaban J connectivity index is 1.77. The molecule has 0 bridgehead atoms. The summed E-state index contributed by atoms with van der Waals surface area (Å²) >= 11 is 0. The van der Waals surface area contributed by atoms with Gasteiger partial charge in [-0.15, -0.1) is 0 Å². The zero-order chi connectivity index (χ0) is 16.7. The highest BCUT2D eigenvalue weighted by atomic mass is 16.2. The van der Waals surface area contributed by atoms with Crippen LogP contribution in [0.3, 0.4) is 0 Å². The molecule has 0 aromatic carbocycles. The van der Waals surface area contributed by atoms with Crippen LogP contribution in [0.1, 0.15) is 36.8 Å². The van der Waals surface area contributed by atoms with Crippen LogP contribution >= 0.6 is 0 Å². The largest absolute Gasteiger partial charge is 0.342 e. The zero-order valence-electron chi connectivity index (χ0n) is 13.8. The molecule has 7 nitrogen and oxygen atoms in total. The molecule has 1 atom stereocenters. The summed E-state index contributed by atoms with van der Waals surface area (Å²) in [5.41, 5.74) is 1.25. The number of carbonyl (C=O) groups excluding carboxylic acids is 2. The molecule has 2 aliphatic heterocycles. The molecule has 0 spiro atoms. The van der Waals surface area contributed by atoms with E-state index >= 15 is 0 Å². The molecule has 1 aromatic rings. The van der Waals surface area contributed by atoms with Crippen molar-refractivity contribution in [2.45, 2.75) is 39.8 Å². The fourth-order valence-electron chi connectivity index (χ4n) is 3.36. The smallest absolute Gasteiger partial charge is 0.258 e. The first-order chi connectivity index (χ1) is 10.9. The van der Waals surface area contributed by atoms with Gasteiger partial charge in [0.05, 0.1) is 30.3 Å². The van der Waals surface area contributed by atoms with Gasteiger partial charge in [-0.25, -0.2) is 4.98 Å². The Morgan fingerprint density at radius 1 is 1.30 bits per heavy atom. The number of amides is 2. The van der Waals surface area contributed by atoms with E-state index in [2.05, 4.69) is 4.98 Å². The minimum atomic E-state index is -0.174. The minimum Gasteiger partial charge on any atom is -0.342 e. The molecule has 1 aromatic heterocycles. The van der Waals surface area contributed by atoms with Crippen LogP contribution in [-0.2, 0) is 29.7 Å². The molecule has 1 saturated heterocycles. The van der Waals surface area contributed by atoms with Gasteiger partial charge >= 0.3 is 0 Å². The number of fused-ring (bicyclic) bond motifs is 1. The van der Waals surface area contributed by atoms with Crippen molar-refractivity contribution in [1.82, 2.24) is 19.4 Å². The van der Waals surface area contributed by atoms with Gasteiger partial charge in [0.25, 0.3) is 5.56 Å². The number of aromatic nitrogens is 2. The molecule has 0 radical (unpaired) electrons. The Hall–Kier alpha value is -2.18. The van der Waals surface area contributed by atoms with Crippen LogP contribution in [0.5, 0.6) is 0 Å². The molecule has 0 aliphatic carbocycles. The number of piperidine rings is 1. The summed E-state index contributed by atoms with van der Waals surface area (Å²) in [6.07, 6.45) is 1.01. The Bertz CT molecular complexity index is 725. The van der Waals surface area contributed by atoms with E-state index in [1.807, 2.05) is 6.92 Å². The van der Waals surface area contributed by atoms with Crippen molar-refractivity contribution < 1.29 is 9.59 Å². The normalized spacial score (nSPS) is 20.8. The van der Waals surface area contributed by atoms with Crippen LogP contribution < -0.4 is 5.56 Å². The Labute approximate surface area is 134 Å². The molecule has 2 amide bonds. The second kappa shape index (κ2) is 5.79. The summed E-state index contributed by atoms with van der Waals surface area (Å²) in [4.78, 5) is 44.7. The maximum absolute atomic E-state index is 12.8. The quantitative estimate of drug-likeness (QED) is 0.780. The molecule has 124 valence electrons. The number of likely N-dealkylation sites (tertiary alicyclic amines) is 1. The average Bonchev–Trinajstić information content (AvgIpc) is 2.96. The van der Waals surface area contributed by atoms with E-state index in [9.17, 15) is 14.4 Å². The van der Waals surface area contributed by atoms with Crippen molar-refractivity contribution in [1.29, 1.82) is 0 Å². The van der Waals surface area contributed by atoms with Crippen molar-refractivity contribution in [3.8, 4) is 0 Å². The lowest BCUT2D eigenvalue weighted by atomic mass is 9.96. The van der Waals surface area contributed by atoms with Crippen molar-refractivity contribution in [2.75, 3.05) is 13.1 Å². The second-order valence-corrected chi connectivity index (χ2v) is 6.31. The lowest BCUT2D eigenvalue weighted by molar-refractivity contribution is -0.143. The summed E-state index contributed by atoms with van der Waals surface area (Å²) in [6, 6.07) is 0. The van der Waals surface area contributed by atoms with E-state index < -0.39 is 0 Å². The van der Waals surface area contributed by atoms with Gasteiger partial charge in [0.1, 0.15) is 5.82 Å². The van der Waals surface area contributed by atoms with Crippen molar-refractivity contribution in [2.24, 2.45) is 13.0 Å². The third kappa shape index (κ3) is 2.64. The molecule has 0 unspecified atom stereocenters. The maximum atomic E-state index is 12.8. The van der Waals surface area contributed by atoms with Crippen LogP contribution in [0.4, 0.5) is 0 Å². The standard InChI is InChI=1S/C16H22N4O3/c1-4-19-7-11(5-6-14(19)21)15(22)20-8-12-13(9-20)17-10(2)18(3)16(12)23/h11H,4-9H2,1-3H3/t11-/m0/s1. The molecule has 3 rings (SSSR count). The van der Waals surface area contributed by atoms with Gasteiger partial charge in [0, 0.05) is 26.6 Å². The van der Waals surface area contributed by atoms with E-state index in [0.717, 1.165) is 0 Å². The minimum absolute atomic E-state index is 0.0219. The van der Waals surface area contributed by atoms with Gasteiger partial charge in [-0.05, 0) is 20.3 Å². The Morgan fingerprint density at radius 2 is 2.04 bits per heavy atom. The van der Waals surface area contributed by atoms with E-state index in [0.29, 0.717) is 56.1 Å². The Kier molecular flexibility index (Phi) is 3.95. The van der Waals surface area contributed by atoms with Gasteiger partial charge < -0.3 is 9.80 Å². The van der Waals surface area contributed by atoms with Crippen LogP contribution in [0.25, 0.3) is 0 Å². The van der Waals surface area contributed by atoms with Crippen LogP contribution in [0.15, 0.2) is 4.79 Å². The summed E-state index contributed by atoms with van der Waals surface area (Å²) in [6.45, 7) is 5.53. The van der Waals surface area contributed by atoms with Gasteiger partial charge in [-0.1, -0.05) is 0 Å². The summed E-state index contributed by atoms with van der Waals surface area (Å²) in [7, 11) is 1.70. The predicted octanol–water partition coefficient (Wildman–Crippen LogP) is 0.189. The monoisotopic (exact) mass is 318 g/mol. The lowest BCUT2D eigenvalue weighted by Crippen LogP contribution is -2.45. The topological polar surface area (TPSA) is 75.5 Å². The third-order valence-electron chi connectivity index (χ3n) is 4.93. The highest BCUT2D eigenvalue weighted by Gasteiger charge is 2.35. The van der Waals surface area contributed by atoms with Crippen LogP contribution in [0, 0.1) is 12.8 Å². The first-order valence-electron chi connectivity index (χ1n) is 8.04. The molecule has 0 saturated carbocycles. The van der Waals surface area contributed by atoms with Gasteiger partial charge in [0.15, 0.2) is 0 Å². The number of hydrogen-bond acceptors (Lipinski definition) is 4. The second-order valence-electron chi connectivity index (χ2n) is 6.31. The van der Waals surface area contributed by atoms with Crippen molar-refractivity contribution in [3.63, 3.8) is 0 Å². The molecule has 3 heterocycles. The van der Waals surface area contributed by atoms with E-state index in [1.165, 1.54) is 4.57 Å². The predicted molar refractivity (Wildman–Crippen MR) is 83.4 cm³/mol. The van der Waals surface area contributed by atoms with Crippen molar-refractivity contribution in [3.05, 3.63) is 27.4 Å². The molecule has 1 fully saturated rings. The fraction of sp³-hybridized carbons (Fsp3) is 0.625. The van der Waals surface area contributed by atoms with Crippen LogP contribution in [0.2, 0.25) is 0 Å². The van der Waals surface area contributed by atoms with Crippen LogP contribution in [-0.4, -0.2) is 44.3 Å². The molecule has 2 aliphatic rings.